The number of hydrogen-bond acceptors (Lipinski definition) is 5. The Bertz CT molecular complexity index is 847. The minimum atomic E-state index is -0.182. The van der Waals surface area contributed by atoms with Gasteiger partial charge < -0.3 is 10.2 Å². The van der Waals surface area contributed by atoms with E-state index in [1.165, 1.54) is 22.7 Å². The molecule has 2 aromatic rings. The fourth-order valence-electron chi connectivity index (χ4n) is 3.16. The Morgan fingerprint density at radius 3 is 2.73 bits per heavy atom. The van der Waals surface area contributed by atoms with Crippen LogP contribution in [0.4, 0.5) is 5.13 Å². The highest BCUT2D eigenvalue weighted by atomic mass is 35.5. The maximum Gasteiger partial charge on any atom is 0.231 e. The van der Waals surface area contributed by atoms with Crippen molar-refractivity contribution >= 4 is 62.8 Å². The highest BCUT2D eigenvalue weighted by Gasteiger charge is 2.36. The van der Waals surface area contributed by atoms with Gasteiger partial charge in [0, 0.05) is 30.0 Å². The Hall–Kier alpha value is -1.15. The molecule has 9 heteroatoms. The fraction of sp³-hybridized carbons (Fsp3) is 0.471. The summed E-state index contributed by atoms with van der Waals surface area (Å²) in [6, 6.07) is 1.78. The number of hydrogen-bond donors (Lipinski definition) is 1. The molecule has 2 amide bonds. The maximum absolute atomic E-state index is 12.6. The highest BCUT2D eigenvalue weighted by Crippen LogP contribution is 2.39. The molecule has 1 atom stereocenters. The summed E-state index contributed by atoms with van der Waals surface area (Å²) in [5, 5.41) is 5.28. The molecule has 5 nitrogen and oxygen atoms in total. The largest absolute Gasteiger partial charge is 0.342 e. The second-order valence-corrected chi connectivity index (χ2v) is 9.81. The summed E-state index contributed by atoms with van der Waals surface area (Å²) in [7, 11) is 0. The van der Waals surface area contributed by atoms with Crippen molar-refractivity contribution in [3.8, 4) is 11.3 Å². The van der Waals surface area contributed by atoms with Gasteiger partial charge in [-0.3, -0.25) is 9.59 Å². The van der Waals surface area contributed by atoms with Crippen LogP contribution in [0.15, 0.2) is 11.4 Å². The van der Waals surface area contributed by atoms with Crippen molar-refractivity contribution in [2.24, 2.45) is 11.8 Å². The SMILES string of the molecule is O=C(Nc1nc(-c2cc(Cl)sc2Cl)cs1)C1CCCN(C(=O)C2CC2)C1. The van der Waals surface area contributed by atoms with Gasteiger partial charge in [0.25, 0.3) is 0 Å². The van der Waals surface area contributed by atoms with Crippen LogP contribution in [0.25, 0.3) is 11.3 Å². The number of likely N-dealkylation sites (tertiary alicyclic amines) is 1. The van der Waals surface area contributed by atoms with Gasteiger partial charge >= 0.3 is 0 Å². The topological polar surface area (TPSA) is 62.3 Å². The van der Waals surface area contributed by atoms with E-state index in [0.29, 0.717) is 26.0 Å². The molecule has 26 heavy (non-hydrogen) atoms. The van der Waals surface area contributed by atoms with E-state index in [9.17, 15) is 9.59 Å². The molecule has 3 heterocycles. The van der Waals surface area contributed by atoms with Crippen molar-refractivity contribution in [1.29, 1.82) is 0 Å². The number of thiophene rings is 1. The maximum atomic E-state index is 12.6. The van der Waals surface area contributed by atoms with Gasteiger partial charge in [-0.15, -0.1) is 22.7 Å². The Morgan fingerprint density at radius 1 is 1.23 bits per heavy atom. The molecular weight excluding hydrogens is 413 g/mol. The van der Waals surface area contributed by atoms with Crippen LogP contribution in [0.2, 0.25) is 8.67 Å². The van der Waals surface area contributed by atoms with Crippen LogP contribution < -0.4 is 5.32 Å². The molecule has 1 aliphatic carbocycles. The molecular formula is C17H17Cl2N3O2S2. The number of nitrogens with zero attached hydrogens (tertiary/aromatic N) is 2. The van der Waals surface area contributed by atoms with E-state index in [1.807, 2.05) is 10.3 Å². The third kappa shape index (κ3) is 3.91. The summed E-state index contributed by atoms with van der Waals surface area (Å²) in [6.45, 7) is 1.27. The van der Waals surface area contributed by atoms with Crippen LogP contribution in [0.5, 0.6) is 0 Å². The number of aromatic nitrogens is 1. The van der Waals surface area contributed by atoms with Crippen molar-refractivity contribution in [2.75, 3.05) is 18.4 Å². The smallest absolute Gasteiger partial charge is 0.231 e. The summed E-state index contributed by atoms with van der Waals surface area (Å²) in [5.74, 6) is 0.148. The van der Waals surface area contributed by atoms with E-state index in [1.54, 1.807) is 6.07 Å². The third-order valence-electron chi connectivity index (χ3n) is 4.70. The molecule has 0 aromatic carbocycles. The van der Waals surface area contributed by atoms with Crippen molar-refractivity contribution in [2.45, 2.75) is 25.7 Å². The summed E-state index contributed by atoms with van der Waals surface area (Å²) in [6.07, 6.45) is 3.64. The van der Waals surface area contributed by atoms with E-state index in [-0.39, 0.29) is 23.7 Å². The van der Waals surface area contributed by atoms with E-state index < -0.39 is 0 Å². The lowest BCUT2D eigenvalue weighted by Crippen LogP contribution is -2.44. The van der Waals surface area contributed by atoms with Crippen LogP contribution in [-0.4, -0.2) is 34.8 Å². The van der Waals surface area contributed by atoms with Gasteiger partial charge in [0.1, 0.15) is 4.34 Å². The number of thiazole rings is 1. The van der Waals surface area contributed by atoms with Gasteiger partial charge in [0.05, 0.1) is 15.9 Å². The lowest BCUT2D eigenvalue weighted by Gasteiger charge is -2.32. The van der Waals surface area contributed by atoms with Gasteiger partial charge in [0.15, 0.2) is 5.13 Å². The van der Waals surface area contributed by atoms with Gasteiger partial charge in [-0.2, -0.15) is 0 Å². The van der Waals surface area contributed by atoms with Crippen LogP contribution in [0.1, 0.15) is 25.7 Å². The molecule has 0 radical (unpaired) electrons. The Labute approximate surface area is 169 Å². The Kier molecular flexibility index (Phi) is 5.23. The number of anilines is 1. The number of nitrogens with one attached hydrogen (secondary N) is 1. The summed E-state index contributed by atoms with van der Waals surface area (Å²) >= 11 is 14.8. The number of rotatable bonds is 4. The first-order valence-electron chi connectivity index (χ1n) is 8.51. The minimum absolute atomic E-state index is 0.0753. The first-order valence-corrected chi connectivity index (χ1v) is 11.0. The molecule has 1 unspecified atom stereocenters. The molecule has 2 aliphatic rings. The molecule has 1 aliphatic heterocycles. The van der Waals surface area contributed by atoms with E-state index in [4.69, 9.17) is 23.2 Å². The zero-order chi connectivity index (χ0) is 18.3. The van der Waals surface area contributed by atoms with Crippen LogP contribution >= 0.6 is 45.9 Å². The number of carbonyl (C=O) groups excluding carboxylic acids is 2. The number of piperidine rings is 1. The Morgan fingerprint density at radius 2 is 2.04 bits per heavy atom. The Balaban J connectivity index is 1.40. The van der Waals surface area contributed by atoms with Gasteiger partial charge in [-0.25, -0.2) is 4.98 Å². The summed E-state index contributed by atoms with van der Waals surface area (Å²) in [4.78, 5) is 31.2. The second kappa shape index (κ2) is 7.46. The monoisotopic (exact) mass is 429 g/mol. The molecule has 4 rings (SSSR count). The van der Waals surface area contributed by atoms with Crippen molar-refractivity contribution in [3.05, 3.63) is 20.1 Å². The van der Waals surface area contributed by atoms with Crippen molar-refractivity contribution in [1.82, 2.24) is 9.88 Å². The normalized spacial score (nSPS) is 20.2. The summed E-state index contributed by atoms with van der Waals surface area (Å²) < 4.78 is 1.19. The number of carbonyl (C=O) groups is 2. The van der Waals surface area contributed by atoms with Gasteiger partial charge in [-0.1, -0.05) is 23.2 Å². The van der Waals surface area contributed by atoms with Gasteiger partial charge in [-0.05, 0) is 31.7 Å². The molecule has 2 aromatic heterocycles. The minimum Gasteiger partial charge on any atom is -0.342 e. The molecule has 0 bridgehead atoms. The van der Waals surface area contributed by atoms with Crippen LogP contribution in [-0.2, 0) is 9.59 Å². The number of amides is 2. The zero-order valence-electron chi connectivity index (χ0n) is 13.8. The van der Waals surface area contributed by atoms with Gasteiger partial charge in [0.2, 0.25) is 11.8 Å². The van der Waals surface area contributed by atoms with Crippen molar-refractivity contribution < 1.29 is 9.59 Å². The molecule has 2 fully saturated rings. The van der Waals surface area contributed by atoms with Crippen molar-refractivity contribution in [3.63, 3.8) is 0 Å². The predicted molar refractivity (Wildman–Crippen MR) is 106 cm³/mol. The number of halogens is 2. The lowest BCUT2D eigenvalue weighted by molar-refractivity contribution is -0.135. The van der Waals surface area contributed by atoms with Crippen LogP contribution in [0.3, 0.4) is 0 Å². The third-order valence-corrected chi connectivity index (χ3v) is 6.94. The van der Waals surface area contributed by atoms with E-state index in [0.717, 1.165) is 37.8 Å². The molecule has 138 valence electrons. The predicted octanol–water partition coefficient (Wildman–Crippen LogP) is 4.77. The highest BCUT2D eigenvalue weighted by molar-refractivity contribution is 7.20. The standard InChI is InChI=1S/C17H17Cl2N3O2S2/c18-13-6-11(14(19)26-13)12-8-25-17(20-12)21-15(23)10-2-1-5-22(7-10)16(24)9-3-4-9/h6,8-10H,1-5,7H2,(H,20,21,23). The zero-order valence-corrected chi connectivity index (χ0v) is 17.0. The average Bonchev–Trinajstić information content (AvgIpc) is 3.29. The molecule has 1 saturated heterocycles. The molecule has 1 N–H and O–H groups in total. The molecule has 0 spiro atoms. The first-order chi connectivity index (χ1) is 12.5. The summed E-state index contributed by atoms with van der Waals surface area (Å²) in [5.41, 5.74) is 1.48. The quantitative estimate of drug-likeness (QED) is 0.761. The molecule has 1 saturated carbocycles. The second-order valence-electron chi connectivity index (χ2n) is 6.66. The first kappa shape index (κ1) is 18.2. The van der Waals surface area contributed by atoms with Crippen LogP contribution in [0, 0.1) is 11.8 Å². The lowest BCUT2D eigenvalue weighted by atomic mass is 9.97. The fourth-order valence-corrected chi connectivity index (χ4v) is 5.35. The van der Waals surface area contributed by atoms with E-state index in [2.05, 4.69) is 10.3 Å². The average molecular weight is 430 g/mol. The van der Waals surface area contributed by atoms with E-state index >= 15 is 0 Å².